The topological polar surface area (TPSA) is 66.8 Å². The average Bonchev–Trinajstić information content (AvgIpc) is 2.49. The molecule has 2 aromatic carbocycles. The van der Waals surface area contributed by atoms with Gasteiger partial charge in [-0.25, -0.2) is 4.79 Å². The number of aryl methyl sites for hydroxylation is 1. The smallest absolute Gasteiger partial charge is 0.336 e. The third-order valence-corrected chi connectivity index (χ3v) is 3.55. The van der Waals surface area contributed by atoms with Crippen LogP contribution in [0.1, 0.15) is 23.6 Å². The molecule has 4 nitrogen and oxygen atoms in total. The number of aliphatic carboxylic acids is 1. The van der Waals surface area contributed by atoms with Crippen LogP contribution in [-0.4, -0.2) is 22.8 Å². The zero-order valence-electron chi connectivity index (χ0n) is 12.8. The first kappa shape index (κ1) is 16.9. The van der Waals surface area contributed by atoms with Gasteiger partial charge in [0.15, 0.2) is 0 Å². The highest BCUT2D eigenvalue weighted by Gasteiger charge is 2.15. The van der Waals surface area contributed by atoms with Crippen LogP contribution in [-0.2, 0) is 4.79 Å². The van der Waals surface area contributed by atoms with Gasteiger partial charge >= 0.3 is 5.97 Å². The van der Waals surface area contributed by atoms with Gasteiger partial charge in [-0.1, -0.05) is 17.7 Å². The zero-order valence-corrected chi connectivity index (χ0v) is 13.6. The summed E-state index contributed by atoms with van der Waals surface area (Å²) in [5.41, 5.74) is 1.75. The Morgan fingerprint density at radius 3 is 2.61 bits per heavy atom. The third-order valence-electron chi connectivity index (χ3n) is 3.32. The zero-order chi connectivity index (χ0) is 17.0. The van der Waals surface area contributed by atoms with E-state index in [9.17, 15) is 15.0 Å². The molecule has 5 heteroatoms. The van der Waals surface area contributed by atoms with E-state index in [1.807, 2.05) is 13.8 Å². The summed E-state index contributed by atoms with van der Waals surface area (Å²) in [6, 6.07) is 9.69. The summed E-state index contributed by atoms with van der Waals surface area (Å²) in [5, 5.41) is 19.8. The number of phenols is 1. The van der Waals surface area contributed by atoms with Crippen LogP contribution in [0.25, 0.3) is 11.6 Å². The van der Waals surface area contributed by atoms with Crippen molar-refractivity contribution in [1.29, 1.82) is 0 Å². The number of halogens is 1. The highest BCUT2D eigenvalue weighted by Crippen LogP contribution is 2.29. The molecule has 0 spiro atoms. The van der Waals surface area contributed by atoms with E-state index >= 15 is 0 Å². The summed E-state index contributed by atoms with van der Waals surface area (Å²) in [5.74, 6) is -0.433. The van der Waals surface area contributed by atoms with Crippen molar-refractivity contribution in [3.63, 3.8) is 0 Å². The Hall–Kier alpha value is -2.46. The quantitative estimate of drug-likeness (QED) is 0.630. The Bertz CT molecular complexity index is 766. The van der Waals surface area contributed by atoms with E-state index in [-0.39, 0.29) is 11.3 Å². The van der Waals surface area contributed by atoms with Gasteiger partial charge in [0.25, 0.3) is 0 Å². The number of carbonyl (C=O) groups is 1. The maximum Gasteiger partial charge on any atom is 0.336 e. The summed E-state index contributed by atoms with van der Waals surface area (Å²) < 4.78 is 5.41. The van der Waals surface area contributed by atoms with E-state index in [0.717, 1.165) is 5.56 Å². The van der Waals surface area contributed by atoms with Crippen molar-refractivity contribution in [3.8, 4) is 11.5 Å². The molecule has 0 amide bonds. The number of carboxylic acid groups (broad SMARTS) is 1. The normalized spacial score (nSPS) is 11.3. The fraction of sp³-hybridized carbons (Fsp3) is 0.167. The first-order valence-corrected chi connectivity index (χ1v) is 7.47. The fourth-order valence-electron chi connectivity index (χ4n) is 2.25. The van der Waals surface area contributed by atoms with Gasteiger partial charge in [0, 0.05) is 10.6 Å². The molecule has 120 valence electrons. The molecule has 0 aliphatic carbocycles. The monoisotopic (exact) mass is 332 g/mol. The lowest BCUT2D eigenvalue weighted by Gasteiger charge is -2.10. The second kappa shape index (κ2) is 7.20. The Morgan fingerprint density at radius 1 is 1.26 bits per heavy atom. The summed E-state index contributed by atoms with van der Waals surface area (Å²) >= 11 is 5.91. The number of phenolic OH excluding ortho intramolecular Hbond substituents is 1. The first-order chi connectivity index (χ1) is 10.9. The highest BCUT2D eigenvalue weighted by molar-refractivity contribution is 6.31. The molecular formula is C18H17ClO4. The Morgan fingerprint density at radius 2 is 2.00 bits per heavy atom. The standard InChI is InChI=1S/C18H17ClO4/c1-3-23-14-5-6-15(11(2)8-14)16(18(21)22)10-12-9-13(19)4-7-17(12)20/h4-10,20H,3H2,1-2H3,(H,21,22)/b16-10-. The minimum absolute atomic E-state index is 0.0308. The second-order valence-corrected chi connectivity index (χ2v) is 5.41. The van der Waals surface area contributed by atoms with Crippen LogP contribution < -0.4 is 4.74 Å². The van der Waals surface area contributed by atoms with Crippen molar-refractivity contribution in [2.24, 2.45) is 0 Å². The molecule has 0 radical (unpaired) electrons. The molecule has 23 heavy (non-hydrogen) atoms. The van der Waals surface area contributed by atoms with Crippen LogP contribution in [0.15, 0.2) is 36.4 Å². The second-order valence-electron chi connectivity index (χ2n) is 4.98. The third kappa shape index (κ3) is 4.05. The lowest BCUT2D eigenvalue weighted by atomic mass is 9.98. The van der Waals surface area contributed by atoms with Crippen molar-refractivity contribution >= 4 is 29.2 Å². The largest absolute Gasteiger partial charge is 0.507 e. The van der Waals surface area contributed by atoms with Crippen LogP contribution in [0.2, 0.25) is 5.02 Å². The molecule has 0 saturated heterocycles. The number of aromatic hydroxyl groups is 1. The van der Waals surface area contributed by atoms with Gasteiger partial charge in [0.05, 0.1) is 12.2 Å². The van der Waals surface area contributed by atoms with E-state index in [4.69, 9.17) is 16.3 Å². The number of rotatable bonds is 5. The molecule has 0 aromatic heterocycles. The van der Waals surface area contributed by atoms with Gasteiger partial charge in [0.2, 0.25) is 0 Å². The molecule has 2 rings (SSSR count). The summed E-state index contributed by atoms with van der Waals surface area (Å²) in [4.78, 5) is 11.6. The van der Waals surface area contributed by atoms with E-state index in [2.05, 4.69) is 0 Å². The maximum atomic E-state index is 11.6. The van der Waals surface area contributed by atoms with Gasteiger partial charge in [-0.05, 0) is 61.4 Å². The molecular weight excluding hydrogens is 316 g/mol. The molecule has 0 unspecified atom stereocenters. The molecule has 2 N–H and O–H groups in total. The van der Waals surface area contributed by atoms with Crippen LogP contribution >= 0.6 is 11.6 Å². The number of ether oxygens (including phenoxy) is 1. The van der Waals surface area contributed by atoms with Crippen molar-refractivity contribution < 1.29 is 19.7 Å². The lowest BCUT2D eigenvalue weighted by Crippen LogP contribution is -2.02. The van der Waals surface area contributed by atoms with Gasteiger partial charge in [0.1, 0.15) is 11.5 Å². The first-order valence-electron chi connectivity index (χ1n) is 7.09. The van der Waals surface area contributed by atoms with Crippen LogP contribution in [0.4, 0.5) is 0 Å². The summed E-state index contributed by atoms with van der Waals surface area (Å²) in [6.45, 7) is 4.23. The summed E-state index contributed by atoms with van der Waals surface area (Å²) in [6.07, 6.45) is 1.41. The molecule has 2 aromatic rings. The van der Waals surface area contributed by atoms with Gasteiger partial charge in [-0.2, -0.15) is 0 Å². The van der Waals surface area contributed by atoms with Crippen molar-refractivity contribution in [1.82, 2.24) is 0 Å². The van der Waals surface area contributed by atoms with E-state index in [1.165, 1.54) is 24.3 Å². The van der Waals surface area contributed by atoms with Gasteiger partial charge in [-0.15, -0.1) is 0 Å². The number of hydrogen-bond donors (Lipinski definition) is 2. The highest BCUT2D eigenvalue weighted by atomic mass is 35.5. The Balaban J connectivity index is 2.53. The van der Waals surface area contributed by atoms with E-state index in [1.54, 1.807) is 18.2 Å². The molecule has 0 aliphatic heterocycles. The van der Waals surface area contributed by atoms with E-state index < -0.39 is 5.97 Å². The average molecular weight is 333 g/mol. The van der Waals surface area contributed by atoms with Crippen LogP contribution in [0, 0.1) is 6.92 Å². The lowest BCUT2D eigenvalue weighted by molar-refractivity contribution is -0.130. The van der Waals surface area contributed by atoms with Crippen LogP contribution in [0.3, 0.4) is 0 Å². The van der Waals surface area contributed by atoms with Gasteiger partial charge < -0.3 is 14.9 Å². The predicted molar refractivity (Wildman–Crippen MR) is 91.0 cm³/mol. The van der Waals surface area contributed by atoms with Crippen molar-refractivity contribution in [2.75, 3.05) is 6.61 Å². The fourth-order valence-corrected chi connectivity index (χ4v) is 2.43. The van der Waals surface area contributed by atoms with Crippen LogP contribution in [0.5, 0.6) is 11.5 Å². The molecule has 0 bridgehead atoms. The number of benzene rings is 2. The Kier molecular flexibility index (Phi) is 5.29. The molecule has 0 heterocycles. The Labute approximate surface area is 139 Å². The molecule has 0 fully saturated rings. The van der Waals surface area contributed by atoms with Crippen molar-refractivity contribution in [3.05, 3.63) is 58.1 Å². The molecule has 0 atom stereocenters. The summed E-state index contributed by atoms with van der Waals surface area (Å²) in [7, 11) is 0. The van der Waals surface area contributed by atoms with E-state index in [0.29, 0.717) is 28.5 Å². The number of carboxylic acids is 1. The minimum atomic E-state index is -1.09. The molecule has 0 aliphatic rings. The SMILES string of the molecule is CCOc1ccc(/C(=C/c2cc(Cl)ccc2O)C(=O)O)c(C)c1. The predicted octanol–water partition coefficient (Wildman–Crippen LogP) is 4.38. The maximum absolute atomic E-state index is 11.6. The van der Waals surface area contributed by atoms with Crippen molar-refractivity contribution in [2.45, 2.75) is 13.8 Å². The minimum Gasteiger partial charge on any atom is -0.507 e. The molecule has 0 saturated carbocycles. The van der Waals surface area contributed by atoms with Gasteiger partial charge in [-0.3, -0.25) is 0 Å². The number of hydrogen-bond acceptors (Lipinski definition) is 3.